The smallest absolute Gasteiger partial charge is 0.307 e. The molecule has 0 fully saturated rings. The predicted molar refractivity (Wildman–Crippen MR) is 69.2 cm³/mol. The highest BCUT2D eigenvalue weighted by molar-refractivity contribution is 5.92. The summed E-state index contributed by atoms with van der Waals surface area (Å²) in [7, 11) is 5.52. The van der Waals surface area contributed by atoms with Gasteiger partial charge in [0.2, 0.25) is 0 Å². The highest BCUT2D eigenvalue weighted by Gasteiger charge is 2.57. The van der Waals surface area contributed by atoms with Gasteiger partial charge in [-0.25, -0.2) is 0 Å². The van der Waals surface area contributed by atoms with Crippen LogP contribution in [0.1, 0.15) is 40.0 Å². The number of carboxylic acid groups (broad SMARTS) is 1. The first-order valence-electron chi connectivity index (χ1n) is 6.19. The number of hydrogen-bond acceptors (Lipinski definition) is 3. The number of nitrogens with zero attached hydrogens (tertiary/aromatic N) is 1. The summed E-state index contributed by atoms with van der Waals surface area (Å²) in [5, 5.41) is 19.7. The third-order valence-electron chi connectivity index (χ3n) is 4.03. The topological polar surface area (TPSA) is 74.6 Å². The van der Waals surface area contributed by atoms with Crippen LogP contribution in [0.5, 0.6) is 0 Å². The Morgan fingerprint density at radius 1 is 1.17 bits per heavy atom. The molecule has 0 aliphatic heterocycles. The first-order valence-corrected chi connectivity index (χ1v) is 6.19. The number of carboxylic acids is 1. The van der Waals surface area contributed by atoms with Gasteiger partial charge in [-0.3, -0.25) is 9.59 Å². The van der Waals surface area contributed by atoms with Crippen LogP contribution < -0.4 is 0 Å². The maximum atomic E-state index is 12.2. The van der Waals surface area contributed by atoms with Gasteiger partial charge in [-0.1, -0.05) is 6.92 Å². The summed E-state index contributed by atoms with van der Waals surface area (Å²) in [6, 6.07) is 0. The molecule has 0 aliphatic rings. The highest BCUT2D eigenvalue weighted by atomic mass is 16.4. The molecule has 18 heavy (non-hydrogen) atoms. The van der Waals surface area contributed by atoms with Crippen molar-refractivity contribution < 1.29 is 24.3 Å². The van der Waals surface area contributed by atoms with E-state index in [0.29, 0.717) is 10.9 Å². The second-order valence-corrected chi connectivity index (χ2v) is 6.18. The van der Waals surface area contributed by atoms with Crippen LogP contribution in [0.4, 0.5) is 0 Å². The SMILES string of the molecule is CCCC(=O)C(O)(CC(=O)O)C(C)(C)[N+](C)(C)C. The zero-order valence-electron chi connectivity index (χ0n) is 12.3. The van der Waals surface area contributed by atoms with Crippen LogP contribution in [0.3, 0.4) is 0 Å². The molecule has 0 aromatic carbocycles. The normalized spacial score (nSPS) is 16.2. The van der Waals surface area contributed by atoms with Crippen LogP contribution in [0, 0.1) is 0 Å². The standard InChI is InChI=1S/C13H25NO4/c1-7-8-10(15)13(18,9-11(16)17)12(2,3)14(4,5)6/h18H,7-9H2,1-6H3/p+1. The zero-order chi connectivity index (χ0) is 14.8. The molecule has 0 amide bonds. The summed E-state index contributed by atoms with van der Waals surface area (Å²) < 4.78 is 0.298. The maximum Gasteiger partial charge on any atom is 0.307 e. The Bertz CT molecular complexity index is 330. The number of aliphatic hydroxyl groups is 1. The van der Waals surface area contributed by atoms with Crippen LogP contribution in [0.2, 0.25) is 0 Å². The summed E-state index contributed by atoms with van der Waals surface area (Å²) in [6.45, 7) is 5.28. The molecule has 1 atom stereocenters. The molecule has 0 rings (SSSR count). The molecule has 1 unspecified atom stereocenters. The first kappa shape index (κ1) is 17.1. The van der Waals surface area contributed by atoms with Crippen molar-refractivity contribution in [1.29, 1.82) is 0 Å². The fourth-order valence-electron chi connectivity index (χ4n) is 1.86. The number of carbonyl (C=O) groups is 2. The summed E-state index contributed by atoms with van der Waals surface area (Å²) in [4.78, 5) is 23.1. The van der Waals surface area contributed by atoms with Gasteiger partial charge in [0, 0.05) is 6.42 Å². The molecule has 0 saturated heterocycles. The molecule has 0 radical (unpaired) electrons. The van der Waals surface area contributed by atoms with Gasteiger partial charge in [-0.05, 0) is 20.3 Å². The Morgan fingerprint density at radius 2 is 1.61 bits per heavy atom. The van der Waals surface area contributed by atoms with E-state index in [0.717, 1.165) is 0 Å². The van der Waals surface area contributed by atoms with Gasteiger partial charge >= 0.3 is 5.97 Å². The summed E-state index contributed by atoms with van der Waals surface area (Å²) in [6.07, 6.45) is 0.218. The van der Waals surface area contributed by atoms with Gasteiger partial charge in [-0.2, -0.15) is 0 Å². The third-order valence-corrected chi connectivity index (χ3v) is 4.03. The number of carbonyl (C=O) groups excluding carboxylic acids is 1. The molecule has 0 saturated carbocycles. The fraction of sp³-hybridized carbons (Fsp3) is 0.846. The van der Waals surface area contributed by atoms with Crippen molar-refractivity contribution in [2.24, 2.45) is 0 Å². The van der Waals surface area contributed by atoms with Gasteiger partial charge in [0.15, 0.2) is 11.4 Å². The van der Waals surface area contributed by atoms with Crippen LogP contribution in [-0.4, -0.2) is 58.7 Å². The largest absolute Gasteiger partial charge is 0.481 e. The maximum absolute atomic E-state index is 12.2. The Labute approximate surface area is 109 Å². The highest BCUT2D eigenvalue weighted by Crippen LogP contribution is 2.35. The van der Waals surface area contributed by atoms with Crippen LogP contribution in [0.25, 0.3) is 0 Å². The molecular formula is C13H26NO4+. The Morgan fingerprint density at radius 3 is 1.89 bits per heavy atom. The van der Waals surface area contributed by atoms with Crippen molar-refractivity contribution in [3.05, 3.63) is 0 Å². The van der Waals surface area contributed by atoms with Gasteiger partial charge < -0.3 is 14.7 Å². The molecule has 0 aromatic heterocycles. The average Bonchev–Trinajstić information content (AvgIpc) is 2.14. The molecule has 2 N–H and O–H groups in total. The zero-order valence-corrected chi connectivity index (χ0v) is 12.3. The lowest BCUT2D eigenvalue weighted by Crippen LogP contribution is -2.69. The summed E-state index contributed by atoms with van der Waals surface area (Å²) in [5.41, 5.74) is -2.75. The van der Waals surface area contributed by atoms with E-state index in [1.54, 1.807) is 13.8 Å². The van der Waals surface area contributed by atoms with Crippen molar-refractivity contribution in [3.8, 4) is 0 Å². The molecule has 0 bridgehead atoms. The Kier molecular flexibility index (Phi) is 5.08. The van der Waals surface area contributed by atoms with Crippen molar-refractivity contribution >= 4 is 11.8 Å². The van der Waals surface area contributed by atoms with Crippen LogP contribution in [-0.2, 0) is 9.59 Å². The molecule has 106 valence electrons. The molecule has 5 heteroatoms. The number of hydrogen-bond donors (Lipinski definition) is 2. The summed E-state index contributed by atoms with van der Waals surface area (Å²) >= 11 is 0. The minimum Gasteiger partial charge on any atom is -0.481 e. The second-order valence-electron chi connectivity index (χ2n) is 6.18. The third kappa shape index (κ3) is 3.09. The quantitative estimate of drug-likeness (QED) is 0.671. The molecule has 0 spiro atoms. The predicted octanol–water partition coefficient (Wildman–Crippen LogP) is 1.05. The van der Waals surface area contributed by atoms with Crippen molar-refractivity contribution in [2.45, 2.75) is 51.2 Å². The number of aliphatic carboxylic acids is 1. The van der Waals surface area contributed by atoms with E-state index in [1.165, 1.54) is 0 Å². The van der Waals surface area contributed by atoms with Gasteiger partial charge in [0.25, 0.3) is 0 Å². The van der Waals surface area contributed by atoms with Crippen molar-refractivity contribution in [1.82, 2.24) is 0 Å². The number of likely N-dealkylation sites (N-methyl/N-ethyl adjacent to an activating group) is 1. The Balaban J connectivity index is 5.61. The van der Waals surface area contributed by atoms with Crippen LogP contribution >= 0.6 is 0 Å². The van der Waals surface area contributed by atoms with Gasteiger partial charge in [-0.15, -0.1) is 0 Å². The summed E-state index contributed by atoms with van der Waals surface area (Å²) in [5.74, 6) is -1.56. The first-order chi connectivity index (χ1) is 7.90. The second kappa shape index (κ2) is 5.36. The monoisotopic (exact) mass is 260 g/mol. The minimum atomic E-state index is -1.85. The van der Waals surface area contributed by atoms with Crippen LogP contribution in [0.15, 0.2) is 0 Å². The molecule has 0 aliphatic carbocycles. The molecule has 0 aromatic rings. The number of ketones is 1. The molecular weight excluding hydrogens is 234 g/mol. The van der Waals surface area contributed by atoms with Crippen molar-refractivity contribution in [2.75, 3.05) is 21.1 Å². The van der Waals surface area contributed by atoms with E-state index in [9.17, 15) is 14.7 Å². The van der Waals surface area contributed by atoms with Gasteiger partial charge in [0.1, 0.15) is 5.54 Å². The molecule has 0 heterocycles. The number of rotatable bonds is 7. The average molecular weight is 260 g/mol. The Hall–Kier alpha value is -0.940. The fourth-order valence-corrected chi connectivity index (χ4v) is 1.86. The number of Topliss-reactive ketones (excluding diaryl/α,β-unsaturated/α-hetero) is 1. The molecule has 5 nitrogen and oxygen atoms in total. The minimum absolute atomic E-state index is 0.188. The lowest BCUT2D eigenvalue weighted by Gasteiger charge is -2.49. The van der Waals surface area contributed by atoms with Gasteiger partial charge in [0.05, 0.1) is 27.6 Å². The van der Waals surface area contributed by atoms with E-state index in [2.05, 4.69) is 0 Å². The van der Waals surface area contributed by atoms with E-state index < -0.39 is 29.3 Å². The van der Waals surface area contributed by atoms with E-state index in [-0.39, 0.29) is 6.42 Å². The van der Waals surface area contributed by atoms with E-state index in [1.807, 2.05) is 28.1 Å². The van der Waals surface area contributed by atoms with E-state index in [4.69, 9.17) is 5.11 Å². The van der Waals surface area contributed by atoms with Crippen molar-refractivity contribution in [3.63, 3.8) is 0 Å². The van der Waals surface area contributed by atoms with E-state index >= 15 is 0 Å². The lowest BCUT2D eigenvalue weighted by molar-refractivity contribution is -0.926. The lowest BCUT2D eigenvalue weighted by atomic mass is 9.73. The number of quaternary nitrogens is 1.